The van der Waals surface area contributed by atoms with Crippen molar-refractivity contribution in [3.05, 3.63) is 75.5 Å². The molecular formula is C27H29N5OS2. The van der Waals surface area contributed by atoms with Gasteiger partial charge in [-0.25, -0.2) is 4.99 Å². The molecule has 6 nitrogen and oxygen atoms in total. The number of nitrogens with zero attached hydrogens (tertiary/aromatic N) is 4. The van der Waals surface area contributed by atoms with Crippen LogP contribution in [0.1, 0.15) is 45.6 Å². The number of hydrogen-bond donors (Lipinski definition) is 1. The number of carbonyl (C=O) groups excluding carboxylic acids is 1. The van der Waals surface area contributed by atoms with Gasteiger partial charge in [0.2, 0.25) is 0 Å². The van der Waals surface area contributed by atoms with Crippen molar-refractivity contribution in [2.24, 2.45) is 4.99 Å². The molecule has 1 aromatic heterocycles. The molecule has 8 heteroatoms. The molecule has 0 spiro atoms. The van der Waals surface area contributed by atoms with Crippen molar-refractivity contribution in [2.75, 3.05) is 24.9 Å². The smallest absolute Gasteiger partial charge is 0.266 e. The Bertz CT molecular complexity index is 1220. The van der Waals surface area contributed by atoms with Crippen molar-refractivity contribution in [2.45, 2.75) is 37.6 Å². The fourth-order valence-electron chi connectivity index (χ4n) is 3.87. The SMILES string of the molecule is Cc1ccc(SNc2csc(C(=O)N(C)Cc3ccccc3C#N)c2N=CN2CCCCC2)cc1. The first kappa shape index (κ1) is 24.8. The number of piperidine rings is 1. The van der Waals surface area contributed by atoms with E-state index in [4.69, 9.17) is 4.99 Å². The van der Waals surface area contributed by atoms with Crippen LogP contribution in [0.3, 0.4) is 0 Å². The number of thiophene rings is 1. The number of nitrogens with one attached hydrogen (secondary N) is 1. The second-order valence-corrected chi connectivity index (χ2v) is 10.4. The minimum atomic E-state index is -0.109. The van der Waals surface area contributed by atoms with Crippen LogP contribution in [0.4, 0.5) is 11.4 Å². The van der Waals surface area contributed by atoms with Gasteiger partial charge >= 0.3 is 0 Å². The van der Waals surface area contributed by atoms with E-state index in [0.717, 1.165) is 42.1 Å². The molecule has 0 aliphatic carbocycles. The predicted octanol–water partition coefficient (Wildman–Crippen LogP) is 6.47. The molecule has 2 heterocycles. The molecule has 2 aromatic carbocycles. The first-order chi connectivity index (χ1) is 17.0. The van der Waals surface area contributed by atoms with Crippen LogP contribution < -0.4 is 4.72 Å². The molecule has 35 heavy (non-hydrogen) atoms. The summed E-state index contributed by atoms with van der Waals surface area (Å²) in [6, 6.07) is 17.9. The van der Waals surface area contributed by atoms with Crippen molar-refractivity contribution in [3.8, 4) is 6.07 Å². The summed E-state index contributed by atoms with van der Waals surface area (Å²) in [6.07, 6.45) is 5.46. The summed E-state index contributed by atoms with van der Waals surface area (Å²) in [6.45, 7) is 4.40. The van der Waals surface area contributed by atoms with E-state index < -0.39 is 0 Å². The normalized spacial score (nSPS) is 13.6. The van der Waals surface area contributed by atoms with Gasteiger partial charge in [0.05, 0.1) is 23.7 Å². The molecule has 4 rings (SSSR count). The van der Waals surface area contributed by atoms with Crippen LogP contribution in [0.25, 0.3) is 0 Å². The Morgan fingerprint density at radius 3 is 2.69 bits per heavy atom. The van der Waals surface area contributed by atoms with E-state index in [9.17, 15) is 10.1 Å². The summed E-state index contributed by atoms with van der Waals surface area (Å²) in [5.74, 6) is -0.109. The van der Waals surface area contributed by atoms with E-state index in [0.29, 0.717) is 22.7 Å². The second kappa shape index (κ2) is 11.9. The third kappa shape index (κ3) is 6.44. The lowest BCUT2D eigenvalue weighted by molar-refractivity contribution is 0.0790. The van der Waals surface area contributed by atoms with Gasteiger partial charge in [0, 0.05) is 37.0 Å². The van der Waals surface area contributed by atoms with Crippen molar-refractivity contribution in [3.63, 3.8) is 0 Å². The van der Waals surface area contributed by atoms with E-state index >= 15 is 0 Å². The molecule has 1 amide bonds. The molecule has 3 aromatic rings. The molecule has 180 valence electrons. The molecule has 1 aliphatic heterocycles. The summed E-state index contributed by atoms with van der Waals surface area (Å²) in [5.41, 5.74) is 4.10. The van der Waals surface area contributed by atoms with Crippen LogP contribution in [0.15, 0.2) is 63.8 Å². The third-order valence-electron chi connectivity index (χ3n) is 5.89. The predicted molar refractivity (Wildman–Crippen MR) is 146 cm³/mol. The number of hydrogen-bond acceptors (Lipinski definition) is 6. The Balaban J connectivity index is 1.56. The Hall–Kier alpha value is -3.28. The maximum Gasteiger partial charge on any atom is 0.266 e. The lowest BCUT2D eigenvalue weighted by atomic mass is 10.1. The molecule has 0 bridgehead atoms. The number of benzene rings is 2. The highest BCUT2D eigenvalue weighted by Gasteiger charge is 2.22. The first-order valence-corrected chi connectivity index (χ1v) is 13.4. The van der Waals surface area contributed by atoms with Gasteiger partial charge in [0.25, 0.3) is 5.91 Å². The number of carbonyl (C=O) groups is 1. The zero-order valence-corrected chi connectivity index (χ0v) is 21.7. The van der Waals surface area contributed by atoms with Crippen LogP contribution in [0.2, 0.25) is 0 Å². The van der Waals surface area contributed by atoms with E-state index in [2.05, 4.69) is 46.9 Å². The number of likely N-dealkylation sites (tertiary alicyclic amines) is 1. The number of aliphatic imine (C=N–C) groups is 1. The van der Waals surface area contributed by atoms with Gasteiger partial charge in [-0.15, -0.1) is 11.3 Å². The lowest BCUT2D eigenvalue weighted by Gasteiger charge is -2.24. The van der Waals surface area contributed by atoms with E-state index in [1.54, 1.807) is 18.0 Å². The molecule has 0 radical (unpaired) electrons. The quantitative estimate of drug-likeness (QED) is 0.217. The number of amides is 1. The van der Waals surface area contributed by atoms with Gasteiger partial charge in [0.1, 0.15) is 10.6 Å². The van der Waals surface area contributed by atoms with Crippen molar-refractivity contribution in [1.82, 2.24) is 9.80 Å². The molecule has 1 saturated heterocycles. The molecule has 0 atom stereocenters. The van der Waals surface area contributed by atoms with Crippen LogP contribution in [0.5, 0.6) is 0 Å². The molecule has 1 N–H and O–H groups in total. The summed E-state index contributed by atoms with van der Waals surface area (Å²) in [4.78, 5) is 23.8. The minimum Gasteiger partial charge on any atom is -0.363 e. The molecule has 1 fully saturated rings. The maximum absolute atomic E-state index is 13.5. The zero-order chi connectivity index (χ0) is 24.6. The highest BCUT2D eigenvalue weighted by Crippen LogP contribution is 2.39. The molecule has 1 aliphatic rings. The van der Waals surface area contributed by atoms with Crippen molar-refractivity contribution < 1.29 is 4.79 Å². The number of aryl methyl sites for hydroxylation is 1. The summed E-state index contributed by atoms with van der Waals surface area (Å²) >= 11 is 2.90. The van der Waals surface area contributed by atoms with Crippen LogP contribution in [-0.4, -0.2) is 42.2 Å². The van der Waals surface area contributed by atoms with Crippen molar-refractivity contribution >= 4 is 46.9 Å². The lowest BCUT2D eigenvalue weighted by Crippen LogP contribution is -2.28. The topological polar surface area (TPSA) is 71.7 Å². The minimum absolute atomic E-state index is 0.109. The van der Waals surface area contributed by atoms with E-state index in [-0.39, 0.29) is 5.91 Å². The fraction of sp³-hybridized carbons (Fsp3) is 0.296. The highest BCUT2D eigenvalue weighted by molar-refractivity contribution is 8.00. The Kier molecular flexibility index (Phi) is 8.45. The standard InChI is InChI=1S/C27H29N5OS2/c1-20-10-12-23(13-11-20)35-30-24-18-34-26(25(24)29-19-32-14-6-3-7-15-32)27(33)31(2)17-22-9-5-4-8-21(22)16-28/h4-5,8-13,18-19,30H,3,6-7,14-15,17H2,1-2H3. The number of rotatable bonds is 8. The summed E-state index contributed by atoms with van der Waals surface area (Å²) in [7, 11) is 1.77. The zero-order valence-electron chi connectivity index (χ0n) is 20.0. The van der Waals surface area contributed by atoms with Crippen molar-refractivity contribution in [1.29, 1.82) is 5.26 Å². The molecule has 0 unspecified atom stereocenters. The fourth-order valence-corrected chi connectivity index (χ4v) is 5.53. The number of anilines is 1. The largest absolute Gasteiger partial charge is 0.363 e. The average Bonchev–Trinajstić information content (AvgIpc) is 3.30. The van der Waals surface area contributed by atoms with Gasteiger partial charge in [-0.1, -0.05) is 35.9 Å². The third-order valence-corrected chi connectivity index (χ3v) is 7.68. The van der Waals surface area contributed by atoms with Gasteiger partial charge in [0.15, 0.2) is 0 Å². The Morgan fingerprint density at radius 1 is 1.20 bits per heavy atom. The first-order valence-electron chi connectivity index (χ1n) is 11.7. The molecular weight excluding hydrogens is 474 g/mol. The Morgan fingerprint density at radius 2 is 1.94 bits per heavy atom. The van der Waals surface area contributed by atoms with Gasteiger partial charge in [-0.3, -0.25) is 4.79 Å². The maximum atomic E-state index is 13.5. The van der Waals surface area contributed by atoms with Crippen LogP contribution in [0, 0.1) is 18.3 Å². The van der Waals surface area contributed by atoms with E-state index in [1.165, 1.54) is 35.3 Å². The monoisotopic (exact) mass is 503 g/mol. The average molecular weight is 504 g/mol. The van der Waals surface area contributed by atoms with Gasteiger partial charge < -0.3 is 14.5 Å². The highest BCUT2D eigenvalue weighted by atomic mass is 32.2. The van der Waals surface area contributed by atoms with E-state index in [1.807, 2.05) is 29.9 Å². The van der Waals surface area contributed by atoms with Crippen LogP contribution in [-0.2, 0) is 6.54 Å². The summed E-state index contributed by atoms with van der Waals surface area (Å²) in [5, 5.41) is 11.4. The number of nitriles is 1. The summed E-state index contributed by atoms with van der Waals surface area (Å²) < 4.78 is 3.40. The molecule has 0 saturated carbocycles. The van der Waals surface area contributed by atoms with Gasteiger partial charge in [-0.2, -0.15) is 5.26 Å². The Labute approximate surface area is 215 Å². The second-order valence-electron chi connectivity index (χ2n) is 8.62. The van der Waals surface area contributed by atoms with Crippen LogP contribution >= 0.6 is 23.3 Å². The van der Waals surface area contributed by atoms with Gasteiger partial charge in [-0.05, 0) is 61.9 Å².